The first-order valence-electron chi connectivity index (χ1n) is 6.12. The Hall–Kier alpha value is -0.280. The first-order valence-corrected chi connectivity index (χ1v) is 6.12. The van der Waals surface area contributed by atoms with Crippen LogP contribution < -0.4 is 5.73 Å². The number of hydrogen-bond donors (Lipinski definition) is 1. The number of nitrogens with zero attached hydrogens (tertiary/aromatic N) is 1. The van der Waals surface area contributed by atoms with Crippen molar-refractivity contribution in [3.63, 3.8) is 0 Å². The lowest BCUT2D eigenvalue weighted by molar-refractivity contribution is -0.142. The second kappa shape index (κ2) is 6.45. The molecule has 0 bridgehead atoms. The van der Waals surface area contributed by atoms with Crippen LogP contribution in [-0.2, 0) is 4.79 Å². The van der Waals surface area contributed by atoms with Crippen molar-refractivity contribution in [1.82, 2.24) is 4.90 Å². The molecule has 0 radical (unpaired) electrons. The van der Waals surface area contributed by atoms with Crippen LogP contribution in [0.5, 0.6) is 0 Å². The van der Waals surface area contributed by atoms with Gasteiger partial charge in [0.15, 0.2) is 0 Å². The summed E-state index contributed by atoms with van der Waals surface area (Å²) in [4.78, 5) is 14.4. The molecular formula is C12H25ClN2O. The monoisotopic (exact) mass is 248 g/mol. The van der Waals surface area contributed by atoms with E-state index in [1.54, 1.807) is 0 Å². The molecule has 1 aliphatic heterocycles. The molecule has 16 heavy (non-hydrogen) atoms. The molecule has 1 rings (SSSR count). The lowest BCUT2D eigenvalue weighted by Gasteiger charge is -2.35. The molecule has 1 unspecified atom stereocenters. The minimum Gasteiger partial charge on any atom is -0.339 e. The Balaban J connectivity index is 0.00000225. The van der Waals surface area contributed by atoms with Crippen molar-refractivity contribution in [2.75, 3.05) is 13.1 Å². The van der Waals surface area contributed by atoms with E-state index in [0.717, 1.165) is 32.2 Å². The van der Waals surface area contributed by atoms with Gasteiger partial charge in [0.05, 0.1) is 5.41 Å². The van der Waals surface area contributed by atoms with Crippen LogP contribution in [0.15, 0.2) is 0 Å². The van der Waals surface area contributed by atoms with Gasteiger partial charge in [0.25, 0.3) is 0 Å². The van der Waals surface area contributed by atoms with E-state index in [4.69, 9.17) is 5.73 Å². The fourth-order valence-corrected chi connectivity index (χ4v) is 2.47. The van der Waals surface area contributed by atoms with E-state index in [9.17, 15) is 4.79 Å². The van der Waals surface area contributed by atoms with Crippen LogP contribution in [0.2, 0.25) is 0 Å². The number of carbonyl (C=O) groups excluding carboxylic acids is 1. The van der Waals surface area contributed by atoms with Gasteiger partial charge in [0, 0.05) is 19.1 Å². The van der Waals surface area contributed by atoms with Crippen LogP contribution in [0.1, 0.15) is 46.5 Å². The highest BCUT2D eigenvalue weighted by molar-refractivity contribution is 5.85. The molecule has 1 atom stereocenters. The maximum Gasteiger partial charge on any atom is 0.230 e. The Kier molecular flexibility index (Phi) is 6.34. The van der Waals surface area contributed by atoms with Gasteiger partial charge in [-0.15, -0.1) is 12.4 Å². The van der Waals surface area contributed by atoms with Crippen molar-refractivity contribution >= 4 is 18.3 Å². The molecule has 0 aliphatic carbocycles. The number of rotatable bonds is 4. The molecule has 4 heteroatoms. The van der Waals surface area contributed by atoms with Gasteiger partial charge in [0.1, 0.15) is 0 Å². The van der Waals surface area contributed by atoms with Crippen molar-refractivity contribution in [2.24, 2.45) is 11.1 Å². The molecule has 2 N–H and O–H groups in total. The zero-order chi connectivity index (χ0) is 11.5. The number of nitrogens with two attached hydrogens (primary N) is 1. The largest absolute Gasteiger partial charge is 0.339 e. The fraction of sp³-hybridized carbons (Fsp3) is 0.917. The molecule has 0 saturated carbocycles. The van der Waals surface area contributed by atoms with Crippen LogP contribution in [0.25, 0.3) is 0 Å². The van der Waals surface area contributed by atoms with E-state index in [1.165, 1.54) is 0 Å². The molecule has 1 aliphatic rings. The molecule has 96 valence electrons. The van der Waals surface area contributed by atoms with Crippen molar-refractivity contribution < 1.29 is 4.79 Å². The third kappa shape index (κ3) is 2.69. The minimum atomic E-state index is -0.307. The second-order valence-electron chi connectivity index (χ2n) is 4.68. The van der Waals surface area contributed by atoms with Gasteiger partial charge < -0.3 is 10.6 Å². The molecular weight excluding hydrogens is 224 g/mol. The van der Waals surface area contributed by atoms with E-state index in [-0.39, 0.29) is 23.7 Å². The summed E-state index contributed by atoms with van der Waals surface area (Å²) in [7, 11) is 0. The van der Waals surface area contributed by atoms with Gasteiger partial charge in [-0.3, -0.25) is 4.79 Å². The summed E-state index contributed by atoms with van der Waals surface area (Å²) >= 11 is 0. The standard InChI is InChI=1S/C12H24N2O.ClH/c1-4-12(5-2,9-13)11(15)14-8-6-7-10(14)3;/h10H,4-9,13H2,1-3H3;1H. The zero-order valence-electron chi connectivity index (χ0n) is 10.7. The van der Waals surface area contributed by atoms with Crippen LogP contribution in [0, 0.1) is 5.41 Å². The number of halogens is 1. The summed E-state index contributed by atoms with van der Waals surface area (Å²) in [5.74, 6) is 0.278. The van der Waals surface area contributed by atoms with Gasteiger partial charge in [-0.1, -0.05) is 13.8 Å². The Morgan fingerprint density at radius 2 is 2.00 bits per heavy atom. The van der Waals surface area contributed by atoms with E-state index >= 15 is 0 Å². The lowest BCUT2D eigenvalue weighted by Crippen LogP contribution is -2.48. The first-order chi connectivity index (χ1) is 7.11. The minimum absolute atomic E-state index is 0. The summed E-state index contributed by atoms with van der Waals surface area (Å²) in [5, 5.41) is 0. The van der Waals surface area contributed by atoms with Gasteiger partial charge in [-0.2, -0.15) is 0 Å². The molecule has 1 saturated heterocycles. The third-order valence-electron chi connectivity index (χ3n) is 4.01. The van der Waals surface area contributed by atoms with Crippen LogP contribution in [0.4, 0.5) is 0 Å². The second-order valence-corrected chi connectivity index (χ2v) is 4.68. The highest BCUT2D eigenvalue weighted by Crippen LogP contribution is 2.31. The number of hydrogen-bond acceptors (Lipinski definition) is 2. The highest BCUT2D eigenvalue weighted by Gasteiger charge is 2.39. The summed E-state index contributed by atoms with van der Waals surface area (Å²) in [6, 6.07) is 0.404. The Labute approximate surface area is 105 Å². The lowest BCUT2D eigenvalue weighted by atomic mass is 9.81. The zero-order valence-corrected chi connectivity index (χ0v) is 11.5. The smallest absolute Gasteiger partial charge is 0.230 e. The van der Waals surface area contributed by atoms with Crippen molar-refractivity contribution in [3.8, 4) is 0 Å². The maximum atomic E-state index is 12.4. The predicted molar refractivity (Wildman–Crippen MR) is 69.7 cm³/mol. The van der Waals surface area contributed by atoms with E-state index in [1.807, 2.05) is 4.90 Å². The van der Waals surface area contributed by atoms with Gasteiger partial charge in [0.2, 0.25) is 5.91 Å². The SMILES string of the molecule is CCC(CC)(CN)C(=O)N1CCCC1C.Cl. The first kappa shape index (κ1) is 15.7. The summed E-state index contributed by atoms with van der Waals surface area (Å²) < 4.78 is 0. The molecule has 0 aromatic rings. The predicted octanol–water partition coefficient (Wildman–Crippen LogP) is 2.18. The molecule has 0 spiro atoms. The van der Waals surface area contributed by atoms with Gasteiger partial charge >= 0.3 is 0 Å². The van der Waals surface area contributed by atoms with E-state index in [0.29, 0.717) is 12.6 Å². The molecule has 3 nitrogen and oxygen atoms in total. The average molecular weight is 249 g/mol. The maximum absolute atomic E-state index is 12.4. The average Bonchev–Trinajstić information content (AvgIpc) is 2.67. The Morgan fingerprint density at radius 3 is 2.31 bits per heavy atom. The molecule has 1 heterocycles. The van der Waals surface area contributed by atoms with E-state index < -0.39 is 0 Å². The van der Waals surface area contributed by atoms with Crippen molar-refractivity contribution in [2.45, 2.75) is 52.5 Å². The summed E-state index contributed by atoms with van der Waals surface area (Å²) in [6.45, 7) is 7.66. The number of amides is 1. The molecule has 1 fully saturated rings. The quantitative estimate of drug-likeness (QED) is 0.829. The topological polar surface area (TPSA) is 46.3 Å². The number of likely N-dealkylation sites (tertiary alicyclic amines) is 1. The van der Waals surface area contributed by atoms with Crippen LogP contribution in [-0.4, -0.2) is 29.9 Å². The Bertz CT molecular complexity index is 221. The molecule has 0 aromatic carbocycles. The highest BCUT2D eigenvalue weighted by atomic mass is 35.5. The van der Waals surface area contributed by atoms with Gasteiger partial charge in [-0.05, 0) is 32.6 Å². The third-order valence-corrected chi connectivity index (χ3v) is 4.01. The normalized spacial score (nSPS) is 20.8. The summed E-state index contributed by atoms with van der Waals surface area (Å²) in [5.41, 5.74) is 5.49. The van der Waals surface area contributed by atoms with Crippen LogP contribution in [0.3, 0.4) is 0 Å². The molecule has 1 amide bonds. The van der Waals surface area contributed by atoms with Crippen molar-refractivity contribution in [3.05, 3.63) is 0 Å². The Morgan fingerprint density at radius 1 is 1.44 bits per heavy atom. The molecule has 0 aromatic heterocycles. The number of carbonyl (C=O) groups is 1. The van der Waals surface area contributed by atoms with Gasteiger partial charge in [-0.25, -0.2) is 0 Å². The van der Waals surface area contributed by atoms with E-state index in [2.05, 4.69) is 20.8 Å². The van der Waals surface area contributed by atoms with Crippen LogP contribution >= 0.6 is 12.4 Å². The van der Waals surface area contributed by atoms with Crippen molar-refractivity contribution in [1.29, 1.82) is 0 Å². The fourth-order valence-electron chi connectivity index (χ4n) is 2.47. The summed E-state index contributed by atoms with van der Waals surface area (Å²) in [6.07, 6.45) is 3.98.